The zero-order valence-electron chi connectivity index (χ0n) is 11.8. The number of nitrogens with zero attached hydrogens (tertiary/aromatic N) is 2. The van der Waals surface area contributed by atoms with Crippen LogP contribution in [0.15, 0.2) is 38.6 Å². The molecule has 3 unspecified atom stereocenters. The summed E-state index contributed by atoms with van der Waals surface area (Å²) in [5, 5.41) is 42.7. The molecule has 1 amide bonds. The molecule has 1 aliphatic heterocycles. The lowest BCUT2D eigenvalue weighted by Crippen LogP contribution is -2.41. The molecule has 0 radical (unpaired) electrons. The van der Waals surface area contributed by atoms with Crippen LogP contribution in [-0.4, -0.2) is 63.4 Å². The van der Waals surface area contributed by atoms with E-state index in [-0.39, 0.29) is 11.7 Å². The van der Waals surface area contributed by atoms with E-state index < -0.39 is 30.8 Å². The van der Waals surface area contributed by atoms with Gasteiger partial charge in [0.15, 0.2) is 0 Å². The van der Waals surface area contributed by atoms with Crippen molar-refractivity contribution in [1.82, 2.24) is 10.7 Å². The molecule has 0 saturated carbocycles. The Labute approximate surface area is 130 Å². The van der Waals surface area contributed by atoms with Crippen molar-refractivity contribution in [3.05, 3.63) is 29.9 Å². The summed E-state index contributed by atoms with van der Waals surface area (Å²) >= 11 is 0. The van der Waals surface area contributed by atoms with Crippen molar-refractivity contribution in [2.45, 2.75) is 18.3 Å². The van der Waals surface area contributed by atoms with Crippen molar-refractivity contribution >= 4 is 24.2 Å². The number of hydrazone groups is 1. The minimum atomic E-state index is -1.60. The number of carbonyl (C=O) groups excluding carboxylic acids is 1. The standard InChI is InChI=1S/C13H16N4O6/c18-6-10(20)11(21)9(19)5-14-17-13-15-8(12(22)16-13)4-7-2-1-3-23-7/h1-5,9-11,18-21H,6H2,(H2,15,16,17,22)/b8-4-,14-5+. The minimum absolute atomic E-state index is 0.0217. The number of amides is 1. The molecule has 2 heterocycles. The first-order chi connectivity index (χ1) is 11.0. The molecule has 0 bridgehead atoms. The first kappa shape index (κ1) is 16.8. The minimum Gasteiger partial charge on any atom is -0.465 e. The number of hydrogen-bond donors (Lipinski definition) is 6. The Hall–Kier alpha value is -2.53. The second-order valence-electron chi connectivity index (χ2n) is 4.58. The molecule has 124 valence electrons. The van der Waals surface area contributed by atoms with Crippen molar-refractivity contribution in [2.75, 3.05) is 6.61 Å². The van der Waals surface area contributed by atoms with Crippen LogP contribution in [0.2, 0.25) is 0 Å². The summed E-state index contributed by atoms with van der Waals surface area (Å²) in [5.74, 6) is 0.0176. The van der Waals surface area contributed by atoms with Crippen LogP contribution in [0.4, 0.5) is 0 Å². The van der Waals surface area contributed by atoms with E-state index in [2.05, 4.69) is 20.8 Å². The smallest absolute Gasteiger partial charge is 0.276 e. The molecule has 0 saturated heterocycles. The van der Waals surface area contributed by atoms with Gasteiger partial charge in [-0.2, -0.15) is 5.10 Å². The second-order valence-corrected chi connectivity index (χ2v) is 4.58. The largest absolute Gasteiger partial charge is 0.465 e. The molecule has 0 aromatic carbocycles. The molecule has 2 rings (SSSR count). The van der Waals surface area contributed by atoms with Gasteiger partial charge < -0.3 is 24.8 Å². The Bertz CT molecular complexity index is 624. The summed E-state index contributed by atoms with van der Waals surface area (Å²) in [6, 6.07) is 3.32. The van der Waals surface area contributed by atoms with Crippen LogP contribution in [0.1, 0.15) is 5.76 Å². The van der Waals surface area contributed by atoms with E-state index in [1.807, 2.05) is 0 Å². The molecular formula is C13H16N4O6. The predicted molar refractivity (Wildman–Crippen MR) is 79.0 cm³/mol. The quantitative estimate of drug-likeness (QED) is 0.196. The van der Waals surface area contributed by atoms with E-state index in [0.29, 0.717) is 5.76 Å². The summed E-state index contributed by atoms with van der Waals surface area (Å²) in [6.07, 6.45) is -0.820. The Kier molecular flexibility index (Phi) is 5.60. The molecule has 10 nitrogen and oxygen atoms in total. The first-order valence-electron chi connectivity index (χ1n) is 6.60. The normalized spacial score (nSPS) is 20.4. The van der Waals surface area contributed by atoms with E-state index >= 15 is 0 Å². The van der Waals surface area contributed by atoms with E-state index in [9.17, 15) is 15.0 Å². The average Bonchev–Trinajstić information content (AvgIpc) is 3.16. The lowest BCUT2D eigenvalue weighted by molar-refractivity contribution is -0.115. The van der Waals surface area contributed by atoms with Gasteiger partial charge in [-0.3, -0.25) is 10.1 Å². The van der Waals surface area contributed by atoms with Gasteiger partial charge in [-0.25, -0.2) is 10.4 Å². The summed E-state index contributed by atoms with van der Waals surface area (Å²) in [7, 11) is 0. The zero-order valence-corrected chi connectivity index (χ0v) is 11.8. The molecule has 0 spiro atoms. The van der Waals surface area contributed by atoms with Gasteiger partial charge in [0.25, 0.3) is 5.91 Å². The van der Waals surface area contributed by atoms with Crippen LogP contribution in [-0.2, 0) is 4.79 Å². The SMILES string of the molecule is O=C1NC(N/N=C/C(O)C(O)C(O)CO)=N/C1=C\c1ccco1. The van der Waals surface area contributed by atoms with Gasteiger partial charge in [-0.15, -0.1) is 0 Å². The number of aliphatic hydroxyl groups excluding tert-OH is 4. The molecular weight excluding hydrogens is 308 g/mol. The van der Waals surface area contributed by atoms with E-state index in [1.54, 1.807) is 12.1 Å². The summed E-state index contributed by atoms with van der Waals surface area (Å²) in [6.45, 7) is -0.705. The van der Waals surface area contributed by atoms with Crippen LogP contribution in [0, 0.1) is 0 Å². The Balaban J connectivity index is 1.93. The number of hydrogen-bond acceptors (Lipinski definition) is 9. The maximum atomic E-state index is 11.7. The van der Waals surface area contributed by atoms with Crippen LogP contribution in [0.25, 0.3) is 6.08 Å². The third-order valence-electron chi connectivity index (χ3n) is 2.85. The fraction of sp³-hybridized carbons (Fsp3) is 0.308. The van der Waals surface area contributed by atoms with Gasteiger partial charge in [0.2, 0.25) is 5.96 Å². The maximum Gasteiger partial charge on any atom is 0.276 e. The van der Waals surface area contributed by atoms with Gasteiger partial charge in [0.1, 0.15) is 29.8 Å². The number of guanidine groups is 1. The van der Waals surface area contributed by atoms with Gasteiger partial charge >= 0.3 is 0 Å². The molecule has 10 heteroatoms. The third kappa shape index (κ3) is 4.47. The average molecular weight is 324 g/mol. The monoisotopic (exact) mass is 324 g/mol. The number of aliphatic imine (C=N–C) groups is 1. The van der Waals surface area contributed by atoms with Gasteiger partial charge in [0.05, 0.1) is 19.1 Å². The number of aliphatic hydroxyl groups is 4. The van der Waals surface area contributed by atoms with E-state index in [4.69, 9.17) is 14.6 Å². The zero-order chi connectivity index (χ0) is 16.8. The Morgan fingerprint density at radius 1 is 1.43 bits per heavy atom. The molecule has 0 aliphatic carbocycles. The van der Waals surface area contributed by atoms with Crippen LogP contribution in [0.3, 0.4) is 0 Å². The summed E-state index contributed by atoms with van der Waals surface area (Å²) < 4.78 is 5.07. The predicted octanol–water partition coefficient (Wildman–Crippen LogP) is -2.24. The highest BCUT2D eigenvalue weighted by Crippen LogP contribution is 2.11. The van der Waals surface area contributed by atoms with Crippen molar-refractivity contribution in [3.63, 3.8) is 0 Å². The van der Waals surface area contributed by atoms with Crippen molar-refractivity contribution in [2.24, 2.45) is 10.1 Å². The molecule has 3 atom stereocenters. The van der Waals surface area contributed by atoms with Gasteiger partial charge in [0, 0.05) is 6.08 Å². The molecule has 1 aromatic rings. The highest BCUT2D eigenvalue weighted by molar-refractivity contribution is 6.13. The number of nitrogens with one attached hydrogen (secondary N) is 2. The number of rotatable bonds is 6. The fourth-order valence-corrected chi connectivity index (χ4v) is 1.63. The molecule has 1 aromatic heterocycles. The third-order valence-corrected chi connectivity index (χ3v) is 2.85. The fourth-order valence-electron chi connectivity index (χ4n) is 1.63. The first-order valence-corrected chi connectivity index (χ1v) is 6.60. The van der Waals surface area contributed by atoms with Crippen molar-refractivity contribution in [1.29, 1.82) is 0 Å². The van der Waals surface area contributed by atoms with Crippen molar-refractivity contribution < 1.29 is 29.6 Å². The Morgan fingerprint density at radius 3 is 2.87 bits per heavy atom. The second kappa shape index (κ2) is 7.65. The summed E-state index contributed by atoms with van der Waals surface area (Å²) in [4.78, 5) is 15.6. The molecule has 6 N–H and O–H groups in total. The Morgan fingerprint density at radius 2 is 2.22 bits per heavy atom. The van der Waals surface area contributed by atoms with Crippen molar-refractivity contribution in [3.8, 4) is 0 Å². The maximum absolute atomic E-state index is 11.7. The van der Waals surface area contributed by atoms with Crippen LogP contribution < -0.4 is 10.7 Å². The van der Waals surface area contributed by atoms with Crippen LogP contribution >= 0.6 is 0 Å². The van der Waals surface area contributed by atoms with Gasteiger partial charge in [-0.1, -0.05) is 0 Å². The molecule has 1 aliphatic rings. The number of furan rings is 1. The van der Waals surface area contributed by atoms with Gasteiger partial charge in [-0.05, 0) is 12.1 Å². The van der Waals surface area contributed by atoms with E-state index in [0.717, 1.165) is 6.21 Å². The highest BCUT2D eigenvalue weighted by atomic mass is 16.4. The van der Waals surface area contributed by atoms with Crippen LogP contribution in [0.5, 0.6) is 0 Å². The topological polar surface area (TPSA) is 160 Å². The molecule has 23 heavy (non-hydrogen) atoms. The lowest BCUT2D eigenvalue weighted by Gasteiger charge is -2.17. The molecule has 0 fully saturated rings. The lowest BCUT2D eigenvalue weighted by atomic mass is 10.1. The van der Waals surface area contributed by atoms with E-state index in [1.165, 1.54) is 12.3 Å². The highest BCUT2D eigenvalue weighted by Gasteiger charge is 2.23. The number of carbonyl (C=O) groups is 1. The summed E-state index contributed by atoms with van der Waals surface area (Å²) in [5.41, 5.74) is 2.47.